The Kier molecular flexibility index (Phi) is 3.52. The zero-order chi connectivity index (χ0) is 13.9. The fourth-order valence-corrected chi connectivity index (χ4v) is 2.49. The number of benzene rings is 1. The van der Waals surface area contributed by atoms with Crippen LogP contribution < -0.4 is 15.4 Å². The number of rotatable bonds is 3. The van der Waals surface area contributed by atoms with Gasteiger partial charge in [-0.25, -0.2) is 0 Å². The maximum atomic E-state index is 5.91. The Bertz CT molecular complexity index is 585. The van der Waals surface area contributed by atoms with Crippen molar-refractivity contribution in [1.29, 1.82) is 0 Å². The standard InChI is InChI=1S/C15H18N4O/c1-20-14-5-3-2-4-12(14)13-6-7-15(18-17-13)19-9-8-11(16)10-19/h2-7,11H,8-10,16H2,1H3. The van der Waals surface area contributed by atoms with Gasteiger partial charge in [0.2, 0.25) is 0 Å². The Morgan fingerprint density at radius 2 is 2.05 bits per heavy atom. The zero-order valence-electron chi connectivity index (χ0n) is 11.5. The highest BCUT2D eigenvalue weighted by Crippen LogP contribution is 2.28. The SMILES string of the molecule is COc1ccccc1-c1ccc(N2CCC(N)C2)nn1. The lowest BCUT2D eigenvalue weighted by Gasteiger charge is -2.16. The summed E-state index contributed by atoms with van der Waals surface area (Å²) in [6.07, 6.45) is 1.01. The second-order valence-electron chi connectivity index (χ2n) is 4.97. The summed E-state index contributed by atoms with van der Waals surface area (Å²) in [5.74, 6) is 1.69. The topological polar surface area (TPSA) is 64.3 Å². The van der Waals surface area contributed by atoms with Crippen LogP contribution in [-0.2, 0) is 0 Å². The summed E-state index contributed by atoms with van der Waals surface area (Å²) in [6, 6.07) is 12.0. The summed E-state index contributed by atoms with van der Waals surface area (Å²) in [4.78, 5) is 2.17. The van der Waals surface area contributed by atoms with E-state index in [2.05, 4.69) is 15.1 Å². The highest BCUT2D eigenvalue weighted by molar-refractivity contribution is 5.67. The first-order chi connectivity index (χ1) is 9.78. The normalized spacial score (nSPS) is 18.3. The number of para-hydroxylation sites is 1. The lowest BCUT2D eigenvalue weighted by molar-refractivity contribution is 0.416. The van der Waals surface area contributed by atoms with E-state index in [9.17, 15) is 0 Å². The van der Waals surface area contributed by atoms with E-state index in [1.807, 2.05) is 36.4 Å². The number of nitrogens with zero attached hydrogens (tertiary/aromatic N) is 3. The van der Waals surface area contributed by atoms with Crippen LogP contribution in [0, 0.1) is 0 Å². The second kappa shape index (κ2) is 5.46. The third-order valence-corrected chi connectivity index (χ3v) is 3.58. The monoisotopic (exact) mass is 270 g/mol. The number of methoxy groups -OCH3 is 1. The number of ether oxygens (including phenoxy) is 1. The van der Waals surface area contributed by atoms with E-state index >= 15 is 0 Å². The number of hydrogen-bond donors (Lipinski definition) is 1. The Labute approximate surface area is 118 Å². The third-order valence-electron chi connectivity index (χ3n) is 3.58. The van der Waals surface area contributed by atoms with Gasteiger partial charge in [0.25, 0.3) is 0 Å². The Morgan fingerprint density at radius 3 is 2.70 bits per heavy atom. The number of hydrogen-bond acceptors (Lipinski definition) is 5. The van der Waals surface area contributed by atoms with Gasteiger partial charge in [0.1, 0.15) is 5.75 Å². The largest absolute Gasteiger partial charge is 0.496 e. The van der Waals surface area contributed by atoms with Gasteiger partial charge in [0.05, 0.1) is 12.8 Å². The highest BCUT2D eigenvalue weighted by atomic mass is 16.5. The minimum absolute atomic E-state index is 0.241. The van der Waals surface area contributed by atoms with Crippen LogP contribution in [0.25, 0.3) is 11.3 Å². The van der Waals surface area contributed by atoms with Gasteiger partial charge < -0.3 is 15.4 Å². The summed E-state index contributed by atoms with van der Waals surface area (Å²) in [7, 11) is 1.66. The van der Waals surface area contributed by atoms with Crippen LogP contribution in [-0.4, -0.2) is 36.4 Å². The summed E-state index contributed by atoms with van der Waals surface area (Å²) in [6.45, 7) is 1.80. The Morgan fingerprint density at radius 1 is 1.20 bits per heavy atom. The molecule has 5 heteroatoms. The van der Waals surface area contributed by atoms with Crippen molar-refractivity contribution in [2.24, 2.45) is 5.73 Å². The molecule has 1 atom stereocenters. The molecule has 3 rings (SSSR count). The van der Waals surface area contributed by atoms with Gasteiger partial charge in [-0.1, -0.05) is 12.1 Å². The van der Waals surface area contributed by atoms with Gasteiger partial charge in [0.15, 0.2) is 5.82 Å². The molecule has 0 amide bonds. The fourth-order valence-electron chi connectivity index (χ4n) is 2.49. The number of anilines is 1. The average molecular weight is 270 g/mol. The van der Waals surface area contributed by atoms with Gasteiger partial charge in [-0.2, -0.15) is 0 Å². The molecule has 5 nitrogen and oxygen atoms in total. The Balaban J connectivity index is 1.86. The van der Waals surface area contributed by atoms with Crippen LogP contribution >= 0.6 is 0 Å². The predicted molar refractivity (Wildman–Crippen MR) is 78.8 cm³/mol. The quantitative estimate of drug-likeness (QED) is 0.919. The molecule has 1 unspecified atom stereocenters. The molecule has 2 N–H and O–H groups in total. The number of nitrogens with two attached hydrogens (primary N) is 1. The van der Waals surface area contributed by atoms with E-state index < -0.39 is 0 Å². The van der Waals surface area contributed by atoms with Crippen LogP contribution in [0.3, 0.4) is 0 Å². The first-order valence-electron chi connectivity index (χ1n) is 6.75. The van der Waals surface area contributed by atoms with E-state index in [-0.39, 0.29) is 6.04 Å². The molecule has 1 aliphatic rings. The molecule has 1 aliphatic heterocycles. The molecular weight excluding hydrogens is 252 g/mol. The third kappa shape index (κ3) is 2.44. The first kappa shape index (κ1) is 12.9. The Hall–Kier alpha value is -2.14. The maximum Gasteiger partial charge on any atom is 0.151 e. The van der Waals surface area contributed by atoms with E-state index in [0.717, 1.165) is 42.3 Å². The maximum absolute atomic E-state index is 5.91. The summed E-state index contributed by atoms with van der Waals surface area (Å²) in [5, 5.41) is 8.63. The lowest BCUT2D eigenvalue weighted by atomic mass is 10.1. The molecule has 0 radical (unpaired) electrons. The van der Waals surface area contributed by atoms with Crippen LogP contribution in [0.2, 0.25) is 0 Å². The van der Waals surface area contributed by atoms with E-state index in [0.29, 0.717) is 0 Å². The second-order valence-corrected chi connectivity index (χ2v) is 4.97. The smallest absolute Gasteiger partial charge is 0.151 e. The van der Waals surface area contributed by atoms with Crippen LogP contribution in [0.4, 0.5) is 5.82 Å². The molecule has 0 spiro atoms. The van der Waals surface area contributed by atoms with Crippen molar-refractivity contribution >= 4 is 5.82 Å². The minimum Gasteiger partial charge on any atom is -0.496 e. The van der Waals surface area contributed by atoms with Gasteiger partial charge >= 0.3 is 0 Å². The van der Waals surface area contributed by atoms with Crippen molar-refractivity contribution in [2.75, 3.05) is 25.1 Å². The molecular formula is C15H18N4O. The highest BCUT2D eigenvalue weighted by Gasteiger charge is 2.20. The molecule has 0 aliphatic carbocycles. The van der Waals surface area contributed by atoms with E-state index in [1.165, 1.54) is 0 Å². The average Bonchev–Trinajstić information content (AvgIpc) is 2.94. The van der Waals surface area contributed by atoms with Crippen molar-refractivity contribution in [3.63, 3.8) is 0 Å². The lowest BCUT2D eigenvalue weighted by Crippen LogP contribution is -2.27. The number of aromatic nitrogens is 2. The van der Waals surface area contributed by atoms with Crippen molar-refractivity contribution in [3.05, 3.63) is 36.4 Å². The van der Waals surface area contributed by atoms with Gasteiger partial charge in [-0.3, -0.25) is 0 Å². The molecule has 20 heavy (non-hydrogen) atoms. The van der Waals surface area contributed by atoms with Crippen LogP contribution in [0.1, 0.15) is 6.42 Å². The molecule has 2 heterocycles. The fraction of sp³-hybridized carbons (Fsp3) is 0.333. The summed E-state index contributed by atoms with van der Waals surface area (Å²) in [5.41, 5.74) is 7.68. The van der Waals surface area contributed by atoms with Crippen molar-refractivity contribution in [2.45, 2.75) is 12.5 Å². The zero-order valence-corrected chi connectivity index (χ0v) is 11.5. The van der Waals surface area contributed by atoms with Gasteiger partial charge in [0, 0.05) is 24.7 Å². The molecule has 1 aromatic carbocycles. The molecule has 1 aromatic heterocycles. The van der Waals surface area contributed by atoms with Gasteiger partial charge in [-0.15, -0.1) is 10.2 Å². The van der Waals surface area contributed by atoms with Crippen LogP contribution in [0.15, 0.2) is 36.4 Å². The van der Waals surface area contributed by atoms with Crippen LogP contribution in [0.5, 0.6) is 5.75 Å². The van der Waals surface area contributed by atoms with Gasteiger partial charge in [-0.05, 0) is 30.7 Å². The summed E-state index contributed by atoms with van der Waals surface area (Å²) < 4.78 is 5.35. The molecule has 0 saturated carbocycles. The first-order valence-corrected chi connectivity index (χ1v) is 6.75. The van der Waals surface area contributed by atoms with Crippen molar-refractivity contribution in [1.82, 2.24) is 10.2 Å². The van der Waals surface area contributed by atoms with Crippen molar-refractivity contribution in [3.8, 4) is 17.0 Å². The predicted octanol–water partition coefficient (Wildman–Crippen LogP) is 1.69. The minimum atomic E-state index is 0.241. The van der Waals surface area contributed by atoms with E-state index in [4.69, 9.17) is 10.5 Å². The summed E-state index contributed by atoms with van der Waals surface area (Å²) >= 11 is 0. The van der Waals surface area contributed by atoms with E-state index in [1.54, 1.807) is 7.11 Å². The molecule has 1 fully saturated rings. The molecule has 1 saturated heterocycles. The molecule has 0 bridgehead atoms. The molecule has 104 valence electrons. The molecule has 2 aromatic rings. The van der Waals surface area contributed by atoms with Crippen molar-refractivity contribution < 1.29 is 4.74 Å².